The van der Waals surface area contributed by atoms with Crippen LogP contribution in [0.3, 0.4) is 0 Å². The Morgan fingerprint density at radius 2 is 1.70 bits per heavy atom. The Kier molecular flexibility index (Phi) is 3.32. The van der Waals surface area contributed by atoms with Crippen LogP contribution in [0.5, 0.6) is 11.5 Å². The van der Waals surface area contributed by atoms with E-state index in [1.54, 1.807) is 20.3 Å². The summed E-state index contributed by atoms with van der Waals surface area (Å²) in [6.07, 6.45) is 6.72. The smallest absolute Gasteiger partial charge is 0.252 e. The number of carbonyl (C=O) groups is 1. The summed E-state index contributed by atoms with van der Waals surface area (Å²) in [5.74, 6) is 1.34. The second-order valence-electron chi connectivity index (χ2n) is 5.84. The van der Waals surface area contributed by atoms with Gasteiger partial charge in [0, 0.05) is 11.1 Å². The first-order valence-electron chi connectivity index (χ1n) is 7.25. The van der Waals surface area contributed by atoms with E-state index in [1.165, 1.54) is 19.3 Å². The number of hydrogen-bond donors (Lipinski definition) is 1. The van der Waals surface area contributed by atoms with E-state index in [4.69, 9.17) is 9.47 Å². The molecule has 20 heavy (non-hydrogen) atoms. The number of benzene rings is 1. The van der Waals surface area contributed by atoms with Gasteiger partial charge in [-0.15, -0.1) is 0 Å². The molecule has 1 saturated carbocycles. The van der Waals surface area contributed by atoms with Crippen LogP contribution in [0, 0.1) is 0 Å². The van der Waals surface area contributed by atoms with Crippen molar-refractivity contribution in [3.8, 4) is 11.5 Å². The number of rotatable bonds is 2. The molecule has 0 atom stereocenters. The number of hydrogen-bond acceptors (Lipinski definition) is 3. The molecule has 1 N–H and O–H groups in total. The van der Waals surface area contributed by atoms with E-state index in [0.717, 1.165) is 30.4 Å². The van der Waals surface area contributed by atoms with Crippen LogP contribution in [-0.4, -0.2) is 25.7 Å². The summed E-state index contributed by atoms with van der Waals surface area (Å²) in [6.45, 7) is 0. The zero-order valence-corrected chi connectivity index (χ0v) is 12.1. The van der Waals surface area contributed by atoms with Crippen LogP contribution < -0.4 is 14.8 Å². The molecule has 1 heterocycles. The van der Waals surface area contributed by atoms with Crippen LogP contribution in [-0.2, 0) is 6.42 Å². The fourth-order valence-electron chi connectivity index (χ4n) is 3.53. The van der Waals surface area contributed by atoms with Gasteiger partial charge in [-0.2, -0.15) is 0 Å². The maximum atomic E-state index is 12.4. The third-order valence-electron chi connectivity index (χ3n) is 4.57. The highest BCUT2D eigenvalue weighted by molar-refractivity contribution is 5.98. The minimum atomic E-state index is -0.0397. The molecule has 0 unspecified atom stereocenters. The van der Waals surface area contributed by atoms with Crippen molar-refractivity contribution >= 4 is 5.91 Å². The van der Waals surface area contributed by atoms with Crippen molar-refractivity contribution in [3.05, 3.63) is 23.3 Å². The number of nitrogens with one attached hydrogen (secondary N) is 1. The van der Waals surface area contributed by atoms with E-state index in [2.05, 4.69) is 5.32 Å². The quantitative estimate of drug-likeness (QED) is 0.902. The minimum absolute atomic E-state index is 0.0223. The first kappa shape index (κ1) is 13.3. The molecule has 4 heteroatoms. The summed E-state index contributed by atoms with van der Waals surface area (Å²) in [5, 5.41) is 3.24. The molecule has 0 radical (unpaired) electrons. The van der Waals surface area contributed by atoms with E-state index in [0.29, 0.717) is 11.5 Å². The van der Waals surface area contributed by atoms with Gasteiger partial charge in [-0.3, -0.25) is 4.79 Å². The van der Waals surface area contributed by atoms with E-state index < -0.39 is 0 Å². The number of carbonyl (C=O) groups excluding carboxylic acids is 1. The van der Waals surface area contributed by atoms with E-state index >= 15 is 0 Å². The highest BCUT2D eigenvalue weighted by Crippen LogP contribution is 2.39. The lowest BCUT2D eigenvalue weighted by Gasteiger charge is -2.42. The maximum Gasteiger partial charge on any atom is 0.252 e. The molecule has 4 nitrogen and oxygen atoms in total. The summed E-state index contributed by atoms with van der Waals surface area (Å²) in [6, 6.07) is 3.75. The van der Waals surface area contributed by atoms with Crippen molar-refractivity contribution in [2.45, 2.75) is 44.1 Å². The molecule has 0 aromatic heterocycles. The van der Waals surface area contributed by atoms with Crippen LogP contribution >= 0.6 is 0 Å². The average Bonchev–Trinajstić information content (AvgIpc) is 2.46. The number of ether oxygens (including phenoxy) is 2. The second-order valence-corrected chi connectivity index (χ2v) is 5.84. The first-order valence-corrected chi connectivity index (χ1v) is 7.25. The molecule has 108 valence electrons. The Morgan fingerprint density at radius 1 is 1.05 bits per heavy atom. The number of methoxy groups -OCH3 is 2. The molecular formula is C16H21NO3. The van der Waals surface area contributed by atoms with Crippen molar-refractivity contribution in [2.24, 2.45) is 0 Å². The first-order chi connectivity index (χ1) is 9.67. The van der Waals surface area contributed by atoms with Crippen LogP contribution in [0.15, 0.2) is 12.1 Å². The van der Waals surface area contributed by atoms with Gasteiger partial charge in [-0.1, -0.05) is 19.3 Å². The monoisotopic (exact) mass is 275 g/mol. The van der Waals surface area contributed by atoms with Crippen molar-refractivity contribution in [1.82, 2.24) is 5.32 Å². The Morgan fingerprint density at radius 3 is 2.35 bits per heavy atom. The van der Waals surface area contributed by atoms with Gasteiger partial charge in [0.25, 0.3) is 5.91 Å². The fourth-order valence-corrected chi connectivity index (χ4v) is 3.53. The molecule has 1 aliphatic heterocycles. The van der Waals surface area contributed by atoms with Gasteiger partial charge in [0.1, 0.15) is 0 Å². The lowest BCUT2D eigenvalue weighted by molar-refractivity contribution is 0.0843. The minimum Gasteiger partial charge on any atom is -0.493 e. The van der Waals surface area contributed by atoms with Crippen LogP contribution in [0.2, 0.25) is 0 Å². The molecule has 0 saturated heterocycles. The summed E-state index contributed by atoms with van der Waals surface area (Å²) < 4.78 is 10.6. The van der Waals surface area contributed by atoms with Gasteiger partial charge >= 0.3 is 0 Å². The Balaban J connectivity index is 2.00. The highest BCUT2D eigenvalue weighted by Gasteiger charge is 2.39. The largest absolute Gasteiger partial charge is 0.493 e. The third-order valence-corrected chi connectivity index (χ3v) is 4.57. The van der Waals surface area contributed by atoms with Gasteiger partial charge in [0.15, 0.2) is 11.5 Å². The van der Waals surface area contributed by atoms with Crippen LogP contribution in [0.1, 0.15) is 48.0 Å². The van der Waals surface area contributed by atoms with Crippen molar-refractivity contribution in [1.29, 1.82) is 0 Å². The van der Waals surface area contributed by atoms with Crippen molar-refractivity contribution in [2.75, 3.05) is 14.2 Å². The zero-order valence-electron chi connectivity index (χ0n) is 12.1. The third kappa shape index (κ3) is 2.13. The number of amides is 1. The molecule has 0 bridgehead atoms. The SMILES string of the molecule is COc1cc2c(cc1OC)C(=O)NC1(CCCCC1)C2. The Labute approximate surface area is 119 Å². The van der Waals surface area contributed by atoms with E-state index in [-0.39, 0.29) is 11.4 Å². The standard InChI is InChI=1S/C16H21NO3/c1-19-13-8-11-10-16(6-4-3-5-7-16)17-15(18)12(11)9-14(13)20-2/h8-9H,3-7,10H2,1-2H3,(H,17,18). The van der Waals surface area contributed by atoms with Crippen molar-refractivity contribution in [3.63, 3.8) is 0 Å². The van der Waals surface area contributed by atoms with Crippen LogP contribution in [0.4, 0.5) is 0 Å². The highest BCUT2D eigenvalue weighted by atomic mass is 16.5. The van der Waals surface area contributed by atoms with Gasteiger partial charge in [-0.25, -0.2) is 0 Å². The summed E-state index contributed by atoms with van der Waals surface area (Å²) in [4.78, 5) is 12.4. The molecular weight excluding hydrogens is 254 g/mol. The van der Waals surface area contributed by atoms with Crippen LogP contribution in [0.25, 0.3) is 0 Å². The molecule has 1 aromatic carbocycles. The van der Waals surface area contributed by atoms with Gasteiger partial charge < -0.3 is 14.8 Å². The predicted molar refractivity (Wildman–Crippen MR) is 76.5 cm³/mol. The van der Waals surface area contributed by atoms with Gasteiger partial charge in [0.05, 0.1) is 14.2 Å². The predicted octanol–water partition coefficient (Wildman–Crippen LogP) is 2.69. The van der Waals surface area contributed by atoms with Crippen molar-refractivity contribution < 1.29 is 14.3 Å². The van der Waals surface area contributed by atoms with Gasteiger partial charge in [0.2, 0.25) is 0 Å². The zero-order chi connectivity index (χ0) is 14.2. The molecule has 1 aromatic rings. The average molecular weight is 275 g/mol. The fraction of sp³-hybridized carbons (Fsp3) is 0.562. The Bertz CT molecular complexity index is 533. The molecule has 1 aliphatic carbocycles. The number of fused-ring (bicyclic) bond motifs is 1. The topological polar surface area (TPSA) is 47.6 Å². The Hall–Kier alpha value is -1.71. The lowest BCUT2D eigenvalue weighted by Crippen LogP contribution is -2.54. The van der Waals surface area contributed by atoms with E-state index in [9.17, 15) is 4.79 Å². The maximum absolute atomic E-state index is 12.4. The van der Waals surface area contributed by atoms with Gasteiger partial charge in [-0.05, 0) is 37.0 Å². The second kappa shape index (κ2) is 5.00. The summed E-state index contributed by atoms with van der Waals surface area (Å²) >= 11 is 0. The molecule has 1 amide bonds. The van der Waals surface area contributed by atoms with E-state index in [1.807, 2.05) is 6.07 Å². The molecule has 1 fully saturated rings. The summed E-state index contributed by atoms with van der Waals surface area (Å²) in [5.41, 5.74) is 1.76. The molecule has 2 aliphatic rings. The normalized spacial score (nSPS) is 20.2. The molecule has 3 rings (SSSR count). The molecule has 1 spiro atoms. The summed E-state index contributed by atoms with van der Waals surface area (Å²) in [7, 11) is 3.22. The lowest BCUT2D eigenvalue weighted by atomic mass is 9.74.